The monoisotopic (exact) mass is 396 g/mol. The van der Waals surface area contributed by atoms with Gasteiger partial charge in [0.2, 0.25) is 5.91 Å². The molecule has 7 nitrogen and oxygen atoms in total. The Labute approximate surface area is 168 Å². The molecule has 2 aromatic heterocycles. The Morgan fingerprint density at radius 2 is 2.25 bits per heavy atom. The van der Waals surface area contributed by atoms with Gasteiger partial charge in [0.25, 0.3) is 0 Å². The summed E-state index contributed by atoms with van der Waals surface area (Å²) >= 11 is 1.62. The van der Waals surface area contributed by atoms with Gasteiger partial charge in [-0.05, 0) is 43.1 Å². The second kappa shape index (κ2) is 7.40. The molecule has 2 unspecified atom stereocenters. The van der Waals surface area contributed by atoms with Crippen LogP contribution in [0.25, 0.3) is 0 Å². The molecule has 0 aromatic carbocycles. The third-order valence-electron chi connectivity index (χ3n) is 5.29. The number of carbonyl (C=O) groups is 1. The highest BCUT2D eigenvalue weighted by atomic mass is 32.1. The third kappa shape index (κ3) is 3.42. The molecule has 1 aliphatic carbocycles. The van der Waals surface area contributed by atoms with E-state index in [1.54, 1.807) is 11.3 Å². The topological polar surface area (TPSA) is 103 Å². The van der Waals surface area contributed by atoms with Crippen molar-refractivity contribution >= 4 is 39.6 Å². The number of nitrogens with zero attached hydrogens (tertiary/aromatic N) is 3. The smallest absolute Gasteiger partial charge is 0.247 e. The summed E-state index contributed by atoms with van der Waals surface area (Å²) < 4.78 is 0. The van der Waals surface area contributed by atoms with E-state index in [4.69, 9.17) is 0 Å². The van der Waals surface area contributed by atoms with E-state index in [2.05, 4.69) is 52.8 Å². The van der Waals surface area contributed by atoms with Crippen molar-refractivity contribution in [3.05, 3.63) is 22.3 Å². The van der Waals surface area contributed by atoms with E-state index < -0.39 is 0 Å². The summed E-state index contributed by atoms with van der Waals surface area (Å²) in [6.45, 7) is 6.41. The summed E-state index contributed by atoms with van der Waals surface area (Å²) in [6, 6.07) is 2.05. The molecule has 146 valence electrons. The predicted octanol–water partition coefficient (Wildman–Crippen LogP) is 4.06. The maximum absolute atomic E-state index is 12.5. The van der Waals surface area contributed by atoms with E-state index in [-0.39, 0.29) is 11.9 Å². The molecule has 2 atom stereocenters. The van der Waals surface area contributed by atoms with E-state index in [1.807, 2.05) is 0 Å². The van der Waals surface area contributed by atoms with E-state index >= 15 is 0 Å². The lowest BCUT2D eigenvalue weighted by Crippen LogP contribution is -2.40. The maximum Gasteiger partial charge on any atom is 0.247 e. The van der Waals surface area contributed by atoms with Crippen LogP contribution >= 0.6 is 11.3 Å². The van der Waals surface area contributed by atoms with Gasteiger partial charge in [0.15, 0.2) is 11.6 Å². The average Bonchev–Trinajstić information content (AvgIpc) is 2.98. The van der Waals surface area contributed by atoms with Gasteiger partial charge in [0.1, 0.15) is 29.1 Å². The summed E-state index contributed by atoms with van der Waals surface area (Å²) in [5.74, 6) is 2.06. The van der Waals surface area contributed by atoms with Crippen molar-refractivity contribution in [1.82, 2.24) is 9.97 Å². The highest BCUT2D eigenvalue weighted by Crippen LogP contribution is 2.42. The van der Waals surface area contributed by atoms with Crippen LogP contribution in [0.15, 0.2) is 6.33 Å². The van der Waals surface area contributed by atoms with Crippen LogP contribution < -0.4 is 16.0 Å². The number of anilines is 4. The Kier molecular flexibility index (Phi) is 4.94. The molecule has 2 aromatic rings. The SMILES string of the molecule is CC(C)CC1Nc2ncnc(Nc3sc4c(c3C#N)CCC(C)C4)c2NC1=O. The Balaban J connectivity index is 1.65. The molecule has 3 heterocycles. The van der Waals surface area contributed by atoms with Gasteiger partial charge in [0, 0.05) is 4.88 Å². The number of carbonyl (C=O) groups excluding carboxylic acids is 1. The van der Waals surface area contributed by atoms with Gasteiger partial charge in [-0.15, -0.1) is 11.3 Å². The Bertz CT molecular complexity index is 960. The van der Waals surface area contributed by atoms with Gasteiger partial charge >= 0.3 is 0 Å². The molecule has 3 N–H and O–H groups in total. The molecule has 0 saturated heterocycles. The zero-order valence-electron chi connectivity index (χ0n) is 16.3. The molecule has 0 bridgehead atoms. The minimum Gasteiger partial charge on any atom is -0.356 e. The van der Waals surface area contributed by atoms with E-state index in [0.717, 1.165) is 36.2 Å². The van der Waals surface area contributed by atoms with Gasteiger partial charge in [-0.3, -0.25) is 4.79 Å². The third-order valence-corrected chi connectivity index (χ3v) is 6.46. The Morgan fingerprint density at radius 1 is 1.43 bits per heavy atom. The largest absolute Gasteiger partial charge is 0.356 e. The van der Waals surface area contributed by atoms with Crippen molar-refractivity contribution in [2.75, 3.05) is 16.0 Å². The summed E-state index contributed by atoms with van der Waals surface area (Å²) in [5.41, 5.74) is 2.40. The van der Waals surface area contributed by atoms with Crippen LogP contribution in [0.5, 0.6) is 0 Å². The number of hydrogen-bond donors (Lipinski definition) is 3. The zero-order valence-corrected chi connectivity index (χ0v) is 17.1. The molecular formula is C20H24N6OS. The first-order valence-electron chi connectivity index (χ1n) is 9.70. The van der Waals surface area contributed by atoms with Crippen LogP contribution in [0.3, 0.4) is 0 Å². The van der Waals surface area contributed by atoms with Gasteiger partial charge in [-0.2, -0.15) is 5.26 Å². The summed E-state index contributed by atoms with van der Waals surface area (Å²) in [5, 5.41) is 20.0. The van der Waals surface area contributed by atoms with Crippen molar-refractivity contribution < 1.29 is 4.79 Å². The number of aromatic nitrogens is 2. The Morgan fingerprint density at radius 3 is 3.00 bits per heavy atom. The molecule has 0 fully saturated rings. The summed E-state index contributed by atoms with van der Waals surface area (Å²) in [4.78, 5) is 22.4. The fourth-order valence-corrected chi connectivity index (χ4v) is 5.21. The molecular weight excluding hydrogens is 372 g/mol. The molecule has 1 aliphatic heterocycles. The van der Waals surface area contributed by atoms with Gasteiger partial charge < -0.3 is 16.0 Å². The zero-order chi connectivity index (χ0) is 19.8. The minimum absolute atomic E-state index is 0.0844. The number of amides is 1. The van der Waals surface area contributed by atoms with Crippen molar-refractivity contribution in [2.24, 2.45) is 11.8 Å². The van der Waals surface area contributed by atoms with Crippen LogP contribution in [0.1, 0.15) is 49.6 Å². The highest BCUT2D eigenvalue weighted by Gasteiger charge is 2.30. The first-order valence-corrected chi connectivity index (χ1v) is 10.5. The van der Waals surface area contributed by atoms with Crippen molar-refractivity contribution in [1.29, 1.82) is 5.26 Å². The molecule has 0 radical (unpaired) electrons. The number of hydrogen-bond acceptors (Lipinski definition) is 7. The fraction of sp³-hybridized carbons (Fsp3) is 0.500. The van der Waals surface area contributed by atoms with E-state index in [0.29, 0.717) is 34.7 Å². The maximum atomic E-state index is 12.5. The Hall–Kier alpha value is -2.66. The van der Waals surface area contributed by atoms with Crippen LogP contribution in [-0.2, 0) is 17.6 Å². The van der Waals surface area contributed by atoms with E-state index in [1.165, 1.54) is 11.2 Å². The molecule has 28 heavy (non-hydrogen) atoms. The fourth-order valence-electron chi connectivity index (χ4n) is 3.85. The minimum atomic E-state index is -0.305. The molecule has 2 aliphatic rings. The number of thiophene rings is 1. The van der Waals surface area contributed by atoms with Crippen LogP contribution in [-0.4, -0.2) is 21.9 Å². The van der Waals surface area contributed by atoms with E-state index in [9.17, 15) is 10.1 Å². The average molecular weight is 397 g/mol. The van der Waals surface area contributed by atoms with Crippen molar-refractivity contribution in [3.8, 4) is 6.07 Å². The van der Waals surface area contributed by atoms with Crippen molar-refractivity contribution in [3.63, 3.8) is 0 Å². The number of rotatable bonds is 4. The molecule has 0 spiro atoms. The van der Waals surface area contributed by atoms with Crippen LogP contribution in [0.2, 0.25) is 0 Å². The first-order chi connectivity index (χ1) is 13.5. The number of nitrogens with one attached hydrogen (secondary N) is 3. The second-order valence-corrected chi connectivity index (χ2v) is 9.16. The molecule has 4 rings (SSSR count). The summed E-state index contributed by atoms with van der Waals surface area (Å²) in [7, 11) is 0. The van der Waals surface area contributed by atoms with Gasteiger partial charge in [-0.1, -0.05) is 20.8 Å². The lowest BCUT2D eigenvalue weighted by Gasteiger charge is -2.27. The summed E-state index contributed by atoms with van der Waals surface area (Å²) in [6.07, 6.45) is 5.26. The normalized spacial score (nSPS) is 20.6. The highest BCUT2D eigenvalue weighted by molar-refractivity contribution is 7.16. The second-order valence-electron chi connectivity index (χ2n) is 8.05. The lowest BCUT2D eigenvalue weighted by atomic mass is 9.89. The molecule has 8 heteroatoms. The predicted molar refractivity (Wildman–Crippen MR) is 111 cm³/mol. The standard InChI is InChI=1S/C20H24N6OS/c1-10(2)6-14-19(27)25-16-17(24-14)22-9-23-18(16)26-20-13(8-21)12-5-4-11(3)7-15(12)28-20/h9-11,14H,4-7H2,1-3H3,(H,25,27)(H2,22,23,24,26). The number of fused-ring (bicyclic) bond motifs is 2. The number of nitriles is 1. The van der Waals surface area contributed by atoms with Gasteiger partial charge in [-0.25, -0.2) is 9.97 Å². The van der Waals surface area contributed by atoms with Gasteiger partial charge in [0.05, 0.1) is 5.56 Å². The lowest BCUT2D eigenvalue weighted by molar-refractivity contribution is -0.117. The van der Waals surface area contributed by atoms with Crippen LogP contribution in [0.4, 0.5) is 22.3 Å². The first kappa shape index (κ1) is 18.7. The molecule has 0 saturated carbocycles. The van der Waals surface area contributed by atoms with Crippen LogP contribution in [0, 0.1) is 23.2 Å². The quantitative estimate of drug-likeness (QED) is 0.720. The molecule has 1 amide bonds. The van der Waals surface area contributed by atoms with Crippen molar-refractivity contribution in [2.45, 2.75) is 52.5 Å².